The summed E-state index contributed by atoms with van der Waals surface area (Å²) in [6.07, 6.45) is 1.57. The number of amides is 1. The monoisotopic (exact) mass is 355 g/mol. The van der Waals surface area contributed by atoms with E-state index in [0.29, 0.717) is 33.5 Å². The van der Waals surface area contributed by atoms with E-state index in [1.165, 1.54) is 16.3 Å². The SMILES string of the molecule is Cn1c(=O)[nH]c2cc(C(=O)NC3=NN=C(c4ccco4)SC3)ccc21. The highest BCUT2D eigenvalue weighted by Gasteiger charge is 2.17. The summed E-state index contributed by atoms with van der Waals surface area (Å²) in [5.41, 5.74) is 1.56. The van der Waals surface area contributed by atoms with E-state index in [2.05, 4.69) is 20.5 Å². The van der Waals surface area contributed by atoms with Gasteiger partial charge in [-0.3, -0.25) is 9.36 Å². The topological polar surface area (TPSA) is 105 Å². The highest BCUT2D eigenvalue weighted by Crippen LogP contribution is 2.18. The molecule has 1 aromatic carbocycles. The van der Waals surface area contributed by atoms with Crippen molar-refractivity contribution in [3.05, 3.63) is 58.4 Å². The van der Waals surface area contributed by atoms with E-state index >= 15 is 0 Å². The van der Waals surface area contributed by atoms with Crippen LogP contribution in [0.5, 0.6) is 0 Å². The number of furan rings is 1. The molecule has 0 saturated heterocycles. The van der Waals surface area contributed by atoms with E-state index in [1.54, 1.807) is 43.6 Å². The Labute approximate surface area is 145 Å². The fourth-order valence-corrected chi connectivity index (χ4v) is 3.22. The summed E-state index contributed by atoms with van der Waals surface area (Å²) >= 11 is 1.43. The van der Waals surface area contributed by atoms with E-state index in [1.807, 2.05) is 0 Å². The van der Waals surface area contributed by atoms with Crippen LogP contribution >= 0.6 is 11.8 Å². The number of aryl methyl sites for hydroxylation is 1. The van der Waals surface area contributed by atoms with Gasteiger partial charge in [0.05, 0.1) is 23.0 Å². The molecule has 0 unspecified atom stereocenters. The van der Waals surface area contributed by atoms with Gasteiger partial charge in [-0.2, -0.15) is 0 Å². The Morgan fingerprint density at radius 2 is 2.24 bits per heavy atom. The third-order valence-electron chi connectivity index (χ3n) is 3.76. The van der Waals surface area contributed by atoms with Crippen LogP contribution in [0.3, 0.4) is 0 Å². The Morgan fingerprint density at radius 3 is 2.96 bits per heavy atom. The smallest absolute Gasteiger partial charge is 0.326 e. The quantitative estimate of drug-likeness (QED) is 0.730. The van der Waals surface area contributed by atoms with Crippen molar-refractivity contribution in [1.82, 2.24) is 14.9 Å². The maximum absolute atomic E-state index is 12.4. The summed E-state index contributed by atoms with van der Waals surface area (Å²) in [7, 11) is 1.67. The molecule has 0 fully saturated rings. The maximum atomic E-state index is 12.4. The number of carbonyl (C=O) groups is 1. The minimum absolute atomic E-state index is 0.222. The first-order valence-corrected chi connectivity index (χ1v) is 8.42. The Hall–Kier alpha value is -3.07. The highest BCUT2D eigenvalue weighted by atomic mass is 32.2. The second kappa shape index (κ2) is 6.10. The molecule has 0 atom stereocenters. The van der Waals surface area contributed by atoms with Crippen molar-refractivity contribution in [3.63, 3.8) is 0 Å². The summed E-state index contributed by atoms with van der Waals surface area (Å²) in [6.45, 7) is 0. The predicted molar refractivity (Wildman–Crippen MR) is 96.1 cm³/mol. The lowest BCUT2D eigenvalue weighted by Gasteiger charge is -2.11. The van der Waals surface area contributed by atoms with Crippen LogP contribution in [-0.4, -0.2) is 32.1 Å². The first-order chi connectivity index (χ1) is 12.1. The Balaban J connectivity index is 1.53. The average Bonchev–Trinajstić information content (AvgIpc) is 3.24. The number of amidine groups is 1. The largest absolute Gasteiger partial charge is 0.462 e. The van der Waals surface area contributed by atoms with Gasteiger partial charge in [0.15, 0.2) is 10.8 Å². The predicted octanol–water partition coefficient (Wildman–Crippen LogP) is 1.70. The molecule has 0 spiro atoms. The second-order valence-electron chi connectivity index (χ2n) is 5.39. The van der Waals surface area contributed by atoms with E-state index in [-0.39, 0.29) is 11.6 Å². The summed E-state index contributed by atoms with van der Waals surface area (Å²) in [5, 5.41) is 11.5. The number of H-pyrrole nitrogens is 1. The third-order valence-corrected chi connectivity index (χ3v) is 4.74. The van der Waals surface area contributed by atoms with Gasteiger partial charge in [-0.25, -0.2) is 4.79 Å². The minimum Gasteiger partial charge on any atom is -0.462 e. The molecule has 2 N–H and O–H groups in total. The maximum Gasteiger partial charge on any atom is 0.326 e. The van der Waals surface area contributed by atoms with Gasteiger partial charge >= 0.3 is 5.69 Å². The fraction of sp³-hybridized carbons (Fsp3) is 0.125. The summed E-state index contributed by atoms with van der Waals surface area (Å²) in [5.74, 6) is 1.29. The van der Waals surface area contributed by atoms with Crippen molar-refractivity contribution < 1.29 is 9.21 Å². The molecule has 25 heavy (non-hydrogen) atoms. The molecule has 0 saturated carbocycles. The van der Waals surface area contributed by atoms with E-state index < -0.39 is 0 Å². The normalized spacial score (nSPS) is 14.3. The first-order valence-electron chi connectivity index (χ1n) is 7.43. The number of fused-ring (bicyclic) bond motifs is 1. The zero-order valence-electron chi connectivity index (χ0n) is 13.1. The van der Waals surface area contributed by atoms with Crippen LogP contribution in [0.4, 0.5) is 0 Å². The van der Waals surface area contributed by atoms with Crippen molar-refractivity contribution in [2.45, 2.75) is 0 Å². The van der Waals surface area contributed by atoms with Crippen LogP contribution in [0, 0.1) is 0 Å². The van der Waals surface area contributed by atoms with E-state index in [0.717, 1.165) is 5.52 Å². The lowest BCUT2D eigenvalue weighted by molar-refractivity contribution is 0.0977. The van der Waals surface area contributed by atoms with Gasteiger partial charge in [0.2, 0.25) is 0 Å². The number of rotatable bonds is 2. The second-order valence-corrected chi connectivity index (χ2v) is 6.36. The molecule has 8 nitrogen and oxygen atoms in total. The molecule has 0 aliphatic carbocycles. The van der Waals surface area contributed by atoms with E-state index in [9.17, 15) is 9.59 Å². The zero-order valence-corrected chi connectivity index (χ0v) is 14.0. The molecule has 1 amide bonds. The zero-order chi connectivity index (χ0) is 17.4. The molecule has 3 heterocycles. The van der Waals surface area contributed by atoms with Gasteiger partial charge in [0.25, 0.3) is 5.91 Å². The standard InChI is InChI=1S/C16H13N5O3S/c1-21-11-5-4-9(7-10(11)17-16(21)23)14(22)18-13-8-25-15(20-19-13)12-3-2-6-24-12/h2-7H,8H2,1H3,(H,17,23)(H,18,19,22). The van der Waals surface area contributed by atoms with Crippen molar-refractivity contribution >= 4 is 39.6 Å². The van der Waals surface area contributed by atoms with Crippen LogP contribution < -0.4 is 11.0 Å². The van der Waals surface area contributed by atoms with E-state index in [4.69, 9.17) is 4.42 Å². The molecule has 4 rings (SSSR count). The van der Waals surface area contributed by atoms with Crippen molar-refractivity contribution in [1.29, 1.82) is 0 Å². The van der Waals surface area contributed by atoms with Crippen LogP contribution in [0.25, 0.3) is 11.0 Å². The van der Waals surface area contributed by atoms with Crippen molar-refractivity contribution in [3.8, 4) is 0 Å². The Bertz CT molecular complexity index is 1080. The van der Waals surface area contributed by atoms with Gasteiger partial charge in [-0.1, -0.05) is 11.8 Å². The molecule has 126 valence electrons. The molecule has 1 aliphatic heterocycles. The molecule has 0 radical (unpaired) electrons. The van der Waals surface area contributed by atoms with Gasteiger partial charge in [-0.05, 0) is 30.3 Å². The van der Waals surface area contributed by atoms with Gasteiger partial charge < -0.3 is 14.7 Å². The first kappa shape index (κ1) is 15.5. The van der Waals surface area contributed by atoms with Gasteiger partial charge in [-0.15, -0.1) is 10.2 Å². The number of thioether (sulfide) groups is 1. The number of aromatic nitrogens is 2. The molecular weight excluding hydrogens is 342 g/mol. The average molecular weight is 355 g/mol. The number of nitrogens with zero attached hydrogens (tertiary/aromatic N) is 3. The Morgan fingerprint density at radius 1 is 1.36 bits per heavy atom. The molecule has 2 aromatic heterocycles. The molecule has 3 aromatic rings. The van der Waals surface area contributed by atoms with Crippen LogP contribution in [-0.2, 0) is 7.05 Å². The summed E-state index contributed by atoms with van der Waals surface area (Å²) in [4.78, 5) is 26.7. The van der Waals surface area contributed by atoms with Crippen LogP contribution in [0.15, 0.2) is 56.0 Å². The van der Waals surface area contributed by atoms with Gasteiger partial charge in [0, 0.05) is 12.6 Å². The Kier molecular flexibility index (Phi) is 3.77. The fourth-order valence-electron chi connectivity index (χ4n) is 2.46. The van der Waals surface area contributed by atoms with Crippen LogP contribution in [0.1, 0.15) is 16.1 Å². The lowest BCUT2D eigenvalue weighted by Crippen LogP contribution is -2.33. The number of hydrogen-bond donors (Lipinski definition) is 2. The number of aromatic amines is 1. The molecule has 1 aliphatic rings. The lowest BCUT2D eigenvalue weighted by atomic mass is 10.2. The molecule has 9 heteroatoms. The summed E-state index contributed by atoms with van der Waals surface area (Å²) < 4.78 is 6.76. The number of nitrogens with one attached hydrogen (secondary N) is 2. The highest BCUT2D eigenvalue weighted by molar-refractivity contribution is 8.15. The number of benzene rings is 1. The van der Waals surface area contributed by atoms with Gasteiger partial charge in [0.1, 0.15) is 5.84 Å². The molecule has 0 bridgehead atoms. The molecular formula is C16H13N5O3S. The van der Waals surface area contributed by atoms with Crippen molar-refractivity contribution in [2.24, 2.45) is 17.3 Å². The number of imidazole rings is 1. The third kappa shape index (κ3) is 2.89. The summed E-state index contributed by atoms with van der Waals surface area (Å²) in [6, 6.07) is 8.62. The number of carbonyl (C=O) groups excluding carboxylic acids is 1. The van der Waals surface area contributed by atoms with Crippen LogP contribution in [0.2, 0.25) is 0 Å². The minimum atomic E-state index is -0.303. The number of hydrogen-bond acceptors (Lipinski definition) is 6. The van der Waals surface area contributed by atoms with Crippen molar-refractivity contribution in [2.75, 3.05) is 5.75 Å².